The van der Waals surface area contributed by atoms with Gasteiger partial charge in [-0.2, -0.15) is 5.10 Å². The molecule has 1 aromatic rings. The molecule has 0 aliphatic carbocycles. The molecule has 2 N–H and O–H groups in total. The number of aromatic nitrogens is 2. The lowest BCUT2D eigenvalue weighted by Gasteiger charge is -2.21. The molecule has 1 aromatic heterocycles. The van der Waals surface area contributed by atoms with Gasteiger partial charge in [0.15, 0.2) is 0 Å². The highest BCUT2D eigenvalue weighted by Gasteiger charge is 2.17. The van der Waals surface area contributed by atoms with Crippen molar-refractivity contribution in [3.8, 4) is 0 Å². The van der Waals surface area contributed by atoms with Gasteiger partial charge in [0, 0.05) is 44.5 Å². The number of nitrogens with one attached hydrogen (secondary N) is 2. The van der Waals surface area contributed by atoms with Gasteiger partial charge in [-0.25, -0.2) is 0 Å². The van der Waals surface area contributed by atoms with E-state index in [0.29, 0.717) is 18.9 Å². The Morgan fingerprint density at radius 3 is 3.29 bits per heavy atom. The van der Waals surface area contributed by atoms with Gasteiger partial charge in [0.2, 0.25) is 5.91 Å². The lowest BCUT2D eigenvalue weighted by Crippen LogP contribution is -2.30. The molecule has 0 radical (unpaired) electrons. The number of H-pyrrole nitrogens is 1. The SMILES string of the molecule is O=C(C[C@H]1CCCOC1)NCCc1ccn[nH]1. The molecule has 0 bridgehead atoms. The first-order valence-electron chi connectivity index (χ1n) is 6.17. The van der Waals surface area contributed by atoms with Crippen LogP contribution in [0.5, 0.6) is 0 Å². The average molecular weight is 237 g/mol. The van der Waals surface area contributed by atoms with Gasteiger partial charge in [-0.1, -0.05) is 0 Å². The highest BCUT2D eigenvalue weighted by Crippen LogP contribution is 2.16. The molecule has 1 aliphatic rings. The normalized spacial score (nSPS) is 20.1. The molecule has 1 amide bonds. The first kappa shape index (κ1) is 12.1. The molecule has 1 aliphatic heterocycles. The van der Waals surface area contributed by atoms with Crippen LogP contribution < -0.4 is 5.32 Å². The molecule has 2 heterocycles. The van der Waals surface area contributed by atoms with E-state index < -0.39 is 0 Å². The van der Waals surface area contributed by atoms with E-state index in [1.807, 2.05) is 6.07 Å². The zero-order chi connectivity index (χ0) is 11.9. The van der Waals surface area contributed by atoms with E-state index in [4.69, 9.17) is 4.74 Å². The number of ether oxygens (including phenoxy) is 1. The number of rotatable bonds is 5. The maximum atomic E-state index is 11.6. The second-order valence-corrected chi connectivity index (χ2v) is 4.47. The zero-order valence-electron chi connectivity index (χ0n) is 9.95. The van der Waals surface area contributed by atoms with Crippen molar-refractivity contribution < 1.29 is 9.53 Å². The quantitative estimate of drug-likeness (QED) is 0.799. The number of aromatic amines is 1. The third-order valence-corrected chi connectivity index (χ3v) is 3.00. The molecule has 0 saturated carbocycles. The van der Waals surface area contributed by atoms with Crippen LogP contribution in [0.2, 0.25) is 0 Å². The van der Waals surface area contributed by atoms with Crippen molar-refractivity contribution >= 4 is 5.91 Å². The minimum absolute atomic E-state index is 0.125. The van der Waals surface area contributed by atoms with Gasteiger partial charge in [-0.15, -0.1) is 0 Å². The van der Waals surface area contributed by atoms with Crippen LogP contribution in [0.25, 0.3) is 0 Å². The Bertz CT molecular complexity index is 332. The molecule has 1 atom stereocenters. The van der Waals surface area contributed by atoms with E-state index in [0.717, 1.165) is 38.2 Å². The van der Waals surface area contributed by atoms with Crippen LogP contribution in [0.4, 0.5) is 0 Å². The van der Waals surface area contributed by atoms with Crippen LogP contribution in [0.15, 0.2) is 12.3 Å². The van der Waals surface area contributed by atoms with Gasteiger partial charge in [0.1, 0.15) is 0 Å². The molecular weight excluding hydrogens is 218 g/mol. The molecule has 0 aromatic carbocycles. The van der Waals surface area contributed by atoms with Gasteiger partial charge in [0.25, 0.3) is 0 Å². The smallest absolute Gasteiger partial charge is 0.220 e. The molecule has 1 saturated heterocycles. The zero-order valence-corrected chi connectivity index (χ0v) is 9.95. The van der Waals surface area contributed by atoms with Crippen molar-refractivity contribution in [1.82, 2.24) is 15.5 Å². The van der Waals surface area contributed by atoms with Crippen LogP contribution in [0.1, 0.15) is 25.0 Å². The predicted octanol–water partition coefficient (Wildman–Crippen LogP) is 0.885. The van der Waals surface area contributed by atoms with Crippen molar-refractivity contribution in [3.05, 3.63) is 18.0 Å². The second kappa shape index (κ2) is 6.39. The first-order chi connectivity index (χ1) is 8.34. The van der Waals surface area contributed by atoms with Crippen LogP contribution in [-0.2, 0) is 16.0 Å². The summed E-state index contributed by atoms with van der Waals surface area (Å²) < 4.78 is 5.35. The summed E-state index contributed by atoms with van der Waals surface area (Å²) in [5.41, 5.74) is 1.05. The van der Waals surface area contributed by atoms with Crippen molar-refractivity contribution in [2.45, 2.75) is 25.7 Å². The lowest BCUT2D eigenvalue weighted by molar-refractivity contribution is -0.123. The van der Waals surface area contributed by atoms with Crippen LogP contribution in [0.3, 0.4) is 0 Å². The summed E-state index contributed by atoms with van der Waals surface area (Å²) in [7, 11) is 0. The second-order valence-electron chi connectivity index (χ2n) is 4.47. The number of carbonyl (C=O) groups is 1. The van der Waals surface area contributed by atoms with E-state index in [9.17, 15) is 4.79 Å². The highest BCUT2D eigenvalue weighted by atomic mass is 16.5. The average Bonchev–Trinajstić information content (AvgIpc) is 2.83. The largest absolute Gasteiger partial charge is 0.381 e. The third kappa shape index (κ3) is 4.19. The Balaban J connectivity index is 1.60. The summed E-state index contributed by atoms with van der Waals surface area (Å²) >= 11 is 0. The number of nitrogens with zero attached hydrogens (tertiary/aromatic N) is 1. The van der Waals surface area contributed by atoms with Gasteiger partial charge >= 0.3 is 0 Å². The number of hydrogen-bond donors (Lipinski definition) is 2. The molecule has 5 nitrogen and oxygen atoms in total. The number of carbonyl (C=O) groups excluding carboxylic acids is 1. The molecule has 5 heteroatoms. The summed E-state index contributed by atoms with van der Waals surface area (Å²) in [6.45, 7) is 2.24. The Labute approximate surface area is 101 Å². The van der Waals surface area contributed by atoms with Crippen molar-refractivity contribution in [2.75, 3.05) is 19.8 Å². The molecule has 17 heavy (non-hydrogen) atoms. The predicted molar refractivity (Wildman–Crippen MR) is 63.5 cm³/mol. The summed E-state index contributed by atoms with van der Waals surface area (Å²) in [6.07, 6.45) is 5.28. The first-order valence-corrected chi connectivity index (χ1v) is 6.17. The Hall–Kier alpha value is -1.36. The molecule has 1 fully saturated rings. The topological polar surface area (TPSA) is 67.0 Å². The minimum atomic E-state index is 0.125. The Morgan fingerprint density at radius 1 is 1.65 bits per heavy atom. The maximum absolute atomic E-state index is 11.6. The van der Waals surface area contributed by atoms with Gasteiger partial charge < -0.3 is 10.1 Å². The fraction of sp³-hybridized carbons (Fsp3) is 0.667. The fourth-order valence-electron chi connectivity index (χ4n) is 2.06. The van der Waals surface area contributed by atoms with E-state index >= 15 is 0 Å². The van der Waals surface area contributed by atoms with Crippen LogP contribution >= 0.6 is 0 Å². The van der Waals surface area contributed by atoms with Crippen molar-refractivity contribution in [2.24, 2.45) is 5.92 Å². The summed E-state index contributed by atoms with van der Waals surface area (Å²) in [5, 5.41) is 9.66. The number of hydrogen-bond acceptors (Lipinski definition) is 3. The van der Waals surface area contributed by atoms with Gasteiger partial charge in [-0.05, 0) is 24.8 Å². The summed E-state index contributed by atoms with van der Waals surface area (Å²) in [5.74, 6) is 0.524. The van der Waals surface area contributed by atoms with Crippen molar-refractivity contribution in [1.29, 1.82) is 0 Å². The van der Waals surface area contributed by atoms with Crippen LogP contribution in [0, 0.1) is 5.92 Å². The van der Waals surface area contributed by atoms with E-state index in [2.05, 4.69) is 15.5 Å². The third-order valence-electron chi connectivity index (χ3n) is 3.00. The highest BCUT2D eigenvalue weighted by molar-refractivity contribution is 5.76. The summed E-state index contributed by atoms with van der Waals surface area (Å²) in [6, 6.07) is 1.92. The summed E-state index contributed by atoms with van der Waals surface area (Å²) in [4.78, 5) is 11.6. The molecular formula is C12H19N3O2. The monoisotopic (exact) mass is 237 g/mol. The van der Waals surface area contributed by atoms with Gasteiger partial charge in [-0.3, -0.25) is 9.89 Å². The Kier molecular flexibility index (Phi) is 4.55. The number of amides is 1. The van der Waals surface area contributed by atoms with Crippen LogP contribution in [-0.4, -0.2) is 35.9 Å². The molecule has 2 rings (SSSR count). The minimum Gasteiger partial charge on any atom is -0.381 e. The van der Waals surface area contributed by atoms with E-state index in [-0.39, 0.29) is 5.91 Å². The van der Waals surface area contributed by atoms with E-state index in [1.54, 1.807) is 6.20 Å². The van der Waals surface area contributed by atoms with E-state index in [1.165, 1.54) is 0 Å². The standard InChI is InChI=1S/C12H19N3O2/c16-12(8-10-2-1-7-17-9-10)13-5-3-11-4-6-14-15-11/h4,6,10H,1-3,5,7-9H2,(H,13,16)(H,14,15)/t10-/m1/s1. The Morgan fingerprint density at radius 2 is 2.59 bits per heavy atom. The molecule has 0 spiro atoms. The molecule has 0 unspecified atom stereocenters. The molecule has 94 valence electrons. The fourth-order valence-corrected chi connectivity index (χ4v) is 2.06. The van der Waals surface area contributed by atoms with Crippen molar-refractivity contribution in [3.63, 3.8) is 0 Å². The van der Waals surface area contributed by atoms with Gasteiger partial charge in [0.05, 0.1) is 0 Å². The maximum Gasteiger partial charge on any atom is 0.220 e. The lowest BCUT2D eigenvalue weighted by atomic mass is 9.98.